The second-order valence-corrected chi connectivity index (χ2v) is 5.97. The average molecular weight is 295 g/mol. The van der Waals surface area contributed by atoms with E-state index in [-0.39, 0.29) is 5.60 Å². The molecule has 0 fully saturated rings. The summed E-state index contributed by atoms with van der Waals surface area (Å²) in [4.78, 5) is 0. The average Bonchev–Trinajstić information content (AvgIpc) is 2.43. The zero-order valence-electron chi connectivity index (χ0n) is 14.0. The molecule has 0 heterocycles. The highest BCUT2D eigenvalue weighted by Crippen LogP contribution is 2.28. The smallest absolute Gasteiger partial charge is 0.161 e. The third-order valence-electron chi connectivity index (χ3n) is 2.86. The molecule has 0 aliphatic rings. The van der Waals surface area contributed by atoms with Gasteiger partial charge in [-0.15, -0.1) is 0 Å². The number of nitrogens with one attached hydrogen (secondary N) is 1. The van der Waals surface area contributed by atoms with Crippen molar-refractivity contribution < 1.29 is 14.2 Å². The summed E-state index contributed by atoms with van der Waals surface area (Å²) in [6.07, 6.45) is 1.13. The van der Waals surface area contributed by atoms with Crippen LogP contribution in [0.1, 0.15) is 39.7 Å². The summed E-state index contributed by atoms with van der Waals surface area (Å²) in [7, 11) is 1.66. The molecular weight excluding hydrogens is 266 g/mol. The lowest BCUT2D eigenvalue weighted by Gasteiger charge is -2.20. The SMILES string of the molecule is CCCNCc1ccc(OC)c(OCCOC(C)(C)C)c1. The van der Waals surface area contributed by atoms with Crippen molar-refractivity contribution >= 4 is 0 Å². The molecular formula is C17H29NO3. The number of rotatable bonds is 9. The Kier molecular flexibility index (Phi) is 7.54. The number of benzene rings is 1. The standard InChI is InChI=1S/C17H29NO3/c1-6-9-18-13-14-7-8-15(19-5)16(12-14)20-10-11-21-17(2,3)4/h7-8,12,18H,6,9-11,13H2,1-5H3. The fourth-order valence-electron chi connectivity index (χ4n) is 1.85. The number of methoxy groups -OCH3 is 1. The van der Waals surface area contributed by atoms with Crippen LogP contribution < -0.4 is 14.8 Å². The molecule has 0 saturated carbocycles. The van der Waals surface area contributed by atoms with E-state index in [0.29, 0.717) is 13.2 Å². The van der Waals surface area contributed by atoms with Crippen LogP contribution in [0.5, 0.6) is 11.5 Å². The van der Waals surface area contributed by atoms with Crippen molar-refractivity contribution in [3.05, 3.63) is 23.8 Å². The van der Waals surface area contributed by atoms with Crippen molar-refractivity contribution in [2.75, 3.05) is 26.9 Å². The second kappa shape index (κ2) is 8.90. The monoisotopic (exact) mass is 295 g/mol. The van der Waals surface area contributed by atoms with Gasteiger partial charge < -0.3 is 19.5 Å². The topological polar surface area (TPSA) is 39.7 Å². The van der Waals surface area contributed by atoms with E-state index in [1.54, 1.807) is 7.11 Å². The first-order valence-electron chi connectivity index (χ1n) is 7.60. The molecule has 0 aliphatic heterocycles. The summed E-state index contributed by atoms with van der Waals surface area (Å²) in [5.41, 5.74) is 1.05. The van der Waals surface area contributed by atoms with Gasteiger partial charge in [0.05, 0.1) is 19.3 Å². The van der Waals surface area contributed by atoms with Crippen LogP contribution in [-0.2, 0) is 11.3 Å². The maximum atomic E-state index is 5.79. The van der Waals surface area contributed by atoms with Crippen LogP contribution in [0, 0.1) is 0 Å². The molecule has 0 radical (unpaired) electrons. The van der Waals surface area contributed by atoms with Gasteiger partial charge in [0.25, 0.3) is 0 Å². The summed E-state index contributed by atoms with van der Waals surface area (Å²) in [5, 5.41) is 3.38. The van der Waals surface area contributed by atoms with Gasteiger partial charge in [0.15, 0.2) is 11.5 Å². The molecule has 1 N–H and O–H groups in total. The Bertz CT molecular complexity index is 413. The van der Waals surface area contributed by atoms with Crippen molar-refractivity contribution in [1.29, 1.82) is 0 Å². The molecule has 0 unspecified atom stereocenters. The van der Waals surface area contributed by atoms with Crippen molar-refractivity contribution in [1.82, 2.24) is 5.32 Å². The Balaban J connectivity index is 2.55. The third-order valence-corrected chi connectivity index (χ3v) is 2.86. The highest BCUT2D eigenvalue weighted by molar-refractivity contribution is 5.42. The van der Waals surface area contributed by atoms with Gasteiger partial charge in [-0.2, -0.15) is 0 Å². The van der Waals surface area contributed by atoms with Crippen molar-refractivity contribution in [3.63, 3.8) is 0 Å². The lowest BCUT2D eigenvalue weighted by Crippen LogP contribution is -2.22. The minimum atomic E-state index is -0.140. The van der Waals surface area contributed by atoms with Crippen LogP contribution in [0.25, 0.3) is 0 Å². The van der Waals surface area contributed by atoms with Crippen LogP contribution in [-0.4, -0.2) is 32.5 Å². The van der Waals surface area contributed by atoms with Crippen LogP contribution >= 0.6 is 0 Å². The van der Waals surface area contributed by atoms with Crippen LogP contribution in [0.2, 0.25) is 0 Å². The summed E-state index contributed by atoms with van der Waals surface area (Å²) < 4.78 is 16.8. The quantitative estimate of drug-likeness (QED) is 0.709. The largest absolute Gasteiger partial charge is 0.493 e. The van der Waals surface area contributed by atoms with Gasteiger partial charge in [0.2, 0.25) is 0 Å². The molecule has 0 bridgehead atoms. The first-order valence-corrected chi connectivity index (χ1v) is 7.60. The van der Waals surface area contributed by atoms with E-state index in [1.165, 1.54) is 5.56 Å². The van der Waals surface area contributed by atoms with E-state index in [2.05, 4.69) is 18.3 Å². The van der Waals surface area contributed by atoms with E-state index < -0.39 is 0 Å². The van der Waals surface area contributed by atoms with Crippen LogP contribution in [0.15, 0.2) is 18.2 Å². The second-order valence-electron chi connectivity index (χ2n) is 5.97. The maximum Gasteiger partial charge on any atom is 0.161 e. The fraction of sp³-hybridized carbons (Fsp3) is 0.647. The third kappa shape index (κ3) is 7.34. The molecule has 4 heteroatoms. The fourth-order valence-corrected chi connectivity index (χ4v) is 1.85. The molecule has 1 aromatic rings. The van der Waals surface area contributed by atoms with Gasteiger partial charge >= 0.3 is 0 Å². The van der Waals surface area contributed by atoms with Crippen LogP contribution in [0.3, 0.4) is 0 Å². The summed E-state index contributed by atoms with van der Waals surface area (Å²) in [6.45, 7) is 11.2. The summed E-state index contributed by atoms with van der Waals surface area (Å²) in [5.74, 6) is 1.52. The zero-order chi connectivity index (χ0) is 15.7. The van der Waals surface area contributed by atoms with Gasteiger partial charge in [0, 0.05) is 6.54 Å². The lowest BCUT2D eigenvalue weighted by molar-refractivity contribution is -0.0165. The van der Waals surface area contributed by atoms with E-state index in [9.17, 15) is 0 Å². The molecule has 0 amide bonds. The zero-order valence-corrected chi connectivity index (χ0v) is 14.0. The first-order chi connectivity index (χ1) is 9.96. The highest BCUT2D eigenvalue weighted by Gasteiger charge is 2.10. The minimum absolute atomic E-state index is 0.140. The summed E-state index contributed by atoms with van der Waals surface area (Å²) in [6, 6.07) is 6.03. The molecule has 0 atom stereocenters. The predicted molar refractivity (Wildman–Crippen MR) is 86.2 cm³/mol. The van der Waals surface area contributed by atoms with Gasteiger partial charge in [-0.25, -0.2) is 0 Å². The first kappa shape index (κ1) is 17.8. The van der Waals surface area contributed by atoms with Crippen molar-refractivity contribution in [2.24, 2.45) is 0 Å². The lowest BCUT2D eigenvalue weighted by atomic mass is 10.2. The molecule has 21 heavy (non-hydrogen) atoms. The molecule has 120 valence electrons. The van der Waals surface area contributed by atoms with Crippen molar-refractivity contribution in [3.8, 4) is 11.5 Å². The number of ether oxygens (including phenoxy) is 3. The Morgan fingerprint density at radius 3 is 2.48 bits per heavy atom. The Morgan fingerprint density at radius 2 is 1.86 bits per heavy atom. The molecule has 0 saturated heterocycles. The highest BCUT2D eigenvalue weighted by atomic mass is 16.5. The van der Waals surface area contributed by atoms with Gasteiger partial charge in [-0.3, -0.25) is 0 Å². The normalized spacial score (nSPS) is 11.5. The molecule has 4 nitrogen and oxygen atoms in total. The maximum absolute atomic E-state index is 5.79. The molecule has 1 aromatic carbocycles. The van der Waals surface area contributed by atoms with E-state index in [4.69, 9.17) is 14.2 Å². The number of hydrogen-bond acceptors (Lipinski definition) is 4. The predicted octanol–water partition coefficient (Wildman–Crippen LogP) is 3.39. The molecule has 0 aliphatic carbocycles. The minimum Gasteiger partial charge on any atom is -0.493 e. The van der Waals surface area contributed by atoms with Crippen molar-refractivity contribution in [2.45, 2.75) is 46.3 Å². The van der Waals surface area contributed by atoms with E-state index >= 15 is 0 Å². The number of hydrogen-bond donors (Lipinski definition) is 1. The Hall–Kier alpha value is -1.26. The summed E-state index contributed by atoms with van der Waals surface area (Å²) >= 11 is 0. The van der Waals surface area contributed by atoms with Gasteiger partial charge in [-0.05, 0) is 51.4 Å². The molecule has 0 aromatic heterocycles. The van der Waals surface area contributed by atoms with Gasteiger partial charge in [-0.1, -0.05) is 13.0 Å². The van der Waals surface area contributed by atoms with Crippen LogP contribution in [0.4, 0.5) is 0 Å². The van der Waals surface area contributed by atoms with E-state index in [0.717, 1.165) is 31.0 Å². The molecule has 1 rings (SSSR count). The Morgan fingerprint density at radius 1 is 1.10 bits per heavy atom. The van der Waals surface area contributed by atoms with E-state index in [1.807, 2.05) is 32.9 Å². The Labute approximate surface area is 128 Å². The van der Waals surface area contributed by atoms with Gasteiger partial charge in [0.1, 0.15) is 6.61 Å². The molecule has 0 spiro atoms.